The smallest absolute Gasteiger partial charge is 0.370 e. The molecule has 2 heterocycles. The number of halogens is 3. The van der Waals surface area contributed by atoms with E-state index in [4.69, 9.17) is 0 Å². The normalized spacial score (nSPS) is 19.0. The summed E-state index contributed by atoms with van der Waals surface area (Å²) in [5.41, 5.74) is 0.0348. The second-order valence-electron chi connectivity index (χ2n) is 5.90. The number of anilines is 1. The van der Waals surface area contributed by atoms with E-state index in [1.807, 2.05) is 17.7 Å². The number of aromatic nitrogens is 2. The third-order valence-corrected chi connectivity index (χ3v) is 4.15. The van der Waals surface area contributed by atoms with Gasteiger partial charge in [-0.2, -0.15) is 18.3 Å². The molecule has 23 heavy (non-hydrogen) atoms. The maximum absolute atomic E-state index is 12.8. The van der Waals surface area contributed by atoms with Crippen molar-refractivity contribution in [1.29, 1.82) is 0 Å². The Balaban J connectivity index is 1.59. The second-order valence-corrected chi connectivity index (χ2v) is 5.90. The number of fused-ring (bicyclic) bond motifs is 1. The standard InChI is InChI=1S/C16H19F3N4/c1-11(13-3-2-4-14(7-13)16(17,18)19)20-8-12-9-21-15-5-6-22-23(15)10-12/h2-7,11-12,20-21H,8-10H2,1H3/t11-,12+/m1/s1. The van der Waals surface area contributed by atoms with E-state index in [-0.39, 0.29) is 6.04 Å². The molecule has 1 aliphatic heterocycles. The van der Waals surface area contributed by atoms with Gasteiger partial charge >= 0.3 is 6.18 Å². The highest BCUT2D eigenvalue weighted by Gasteiger charge is 2.30. The van der Waals surface area contributed by atoms with Gasteiger partial charge in [-0.15, -0.1) is 0 Å². The molecule has 2 aromatic rings. The molecule has 0 fully saturated rings. The lowest BCUT2D eigenvalue weighted by Gasteiger charge is -2.26. The topological polar surface area (TPSA) is 41.9 Å². The number of benzene rings is 1. The first-order valence-electron chi connectivity index (χ1n) is 7.59. The van der Waals surface area contributed by atoms with Crippen molar-refractivity contribution in [2.24, 2.45) is 5.92 Å². The Morgan fingerprint density at radius 1 is 1.39 bits per heavy atom. The molecule has 0 radical (unpaired) electrons. The molecule has 0 spiro atoms. The monoisotopic (exact) mass is 324 g/mol. The van der Waals surface area contributed by atoms with E-state index in [1.54, 1.807) is 12.3 Å². The Kier molecular flexibility index (Phi) is 4.30. The van der Waals surface area contributed by atoms with Gasteiger partial charge in [0.15, 0.2) is 0 Å². The minimum atomic E-state index is -4.31. The van der Waals surface area contributed by atoms with Gasteiger partial charge in [-0.3, -0.25) is 0 Å². The summed E-state index contributed by atoms with van der Waals surface area (Å²) >= 11 is 0. The number of hydrogen-bond donors (Lipinski definition) is 2. The Bertz CT molecular complexity index is 665. The molecule has 2 N–H and O–H groups in total. The third-order valence-electron chi connectivity index (χ3n) is 4.15. The van der Waals surface area contributed by atoms with Gasteiger partial charge in [-0.1, -0.05) is 12.1 Å². The van der Waals surface area contributed by atoms with Gasteiger partial charge in [0.2, 0.25) is 0 Å². The summed E-state index contributed by atoms with van der Waals surface area (Å²) in [6, 6.07) is 7.26. The predicted octanol–water partition coefficient (Wildman–Crippen LogP) is 3.29. The molecule has 7 heteroatoms. The molecule has 1 aliphatic rings. The predicted molar refractivity (Wildman–Crippen MR) is 82.1 cm³/mol. The number of hydrogen-bond acceptors (Lipinski definition) is 3. The van der Waals surface area contributed by atoms with E-state index < -0.39 is 11.7 Å². The van der Waals surface area contributed by atoms with Crippen molar-refractivity contribution >= 4 is 5.82 Å². The Hall–Kier alpha value is -2.02. The van der Waals surface area contributed by atoms with E-state index in [9.17, 15) is 13.2 Å². The fourth-order valence-electron chi connectivity index (χ4n) is 2.77. The quantitative estimate of drug-likeness (QED) is 0.907. The van der Waals surface area contributed by atoms with E-state index in [0.717, 1.165) is 25.0 Å². The number of rotatable bonds is 4. The maximum Gasteiger partial charge on any atom is 0.416 e. The molecule has 0 bridgehead atoms. The minimum absolute atomic E-state index is 0.142. The summed E-state index contributed by atoms with van der Waals surface area (Å²) in [5.74, 6) is 1.35. The van der Waals surface area contributed by atoms with Crippen molar-refractivity contribution < 1.29 is 13.2 Å². The molecule has 124 valence electrons. The van der Waals surface area contributed by atoms with Crippen LogP contribution in [0.15, 0.2) is 36.5 Å². The van der Waals surface area contributed by atoms with Crippen molar-refractivity contribution in [1.82, 2.24) is 15.1 Å². The first-order chi connectivity index (χ1) is 10.9. The summed E-state index contributed by atoms with van der Waals surface area (Å²) in [6.45, 7) is 4.22. The molecule has 0 saturated heterocycles. The minimum Gasteiger partial charge on any atom is -0.370 e. The van der Waals surface area contributed by atoms with Gasteiger partial charge < -0.3 is 10.6 Å². The van der Waals surface area contributed by atoms with Crippen LogP contribution in [0.1, 0.15) is 24.1 Å². The molecule has 0 aliphatic carbocycles. The molecule has 0 saturated carbocycles. The van der Waals surface area contributed by atoms with Gasteiger partial charge in [0, 0.05) is 37.7 Å². The van der Waals surface area contributed by atoms with Crippen molar-refractivity contribution in [3.05, 3.63) is 47.7 Å². The van der Waals surface area contributed by atoms with Crippen LogP contribution >= 0.6 is 0 Å². The molecule has 3 rings (SSSR count). The zero-order chi connectivity index (χ0) is 16.4. The van der Waals surface area contributed by atoms with Gasteiger partial charge in [-0.25, -0.2) is 4.68 Å². The van der Waals surface area contributed by atoms with Gasteiger partial charge in [0.05, 0.1) is 11.8 Å². The summed E-state index contributed by atoms with van der Waals surface area (Å²) in [5, 5.41) is 10.9. The van der Waals surface area contributed by atoms with E-state index in [2.05, 4.69) is 15.7 Å². The fraction of sp³-hybridized carbons (Fsp3) is 0.438. The maximum atomic E-state index is 12.8. The average molecular weight is 324 g/mol. The van der Waals surface area contributed by atoms with Gasteiger partial charge in [0.25, 0.3) is 0 Å². The Morgan fingerprint density at radius 3 is 3.00 bits per heavy atom. The highest BCUT2D eigenvalue weighted by Crippen LogP contribution is 2.30. The fourth-order valence-corrected chi connectivity index (χ4v) is 2.77. The first kappa shape index (κ1) is 15.9. The van der Waals surface area contributed by atoms with Crippen LogP contribution in [0.5, 0.6) is 0 Å². The van der Waals surface area contributed by atoms with Gasteiger partial charge in [-0.05, 0) is 24.6 Å². The summed E-state index contributed by atoms with van der Waals surface area (Å²) in [6.07, 6.45) is -2.55. The van der Waals surface area contributed by atoms with Gasteiger partial charge in [0.1, 0.15) is 5.82 Å². The Morgan fingerprint density at radius 2 is 2.22 bits per heavy atom. The van der Waals surface area contributed by atoms with Crippen molar-refractivity contribution in [2.75, 3.05) is 18.4 Å². The Labute approximate surface area is 132 Å². The van der Waals surface area contributed by atoms with Crippen LogP contribution in [-0.4, -0.2) is 22.9 Å². The molecule has 0 amide bonds. The van der Waals surface area contributed by atoms with Crippen molar-refractivity contribution in [2.45, 2.75) is 25.7 Å². The van der Waals surface area contributed by atoms with E-state index >= 15 is 0 Å². The second kappa shape index (κ2) is 6.23. The highest BCUT2D eigenvalue weighted by atomic mass is 19.4. The summed E-state index contributed by atoms with van der Waals surface area (Å²) in [4.78, 5) is 0. The lowest BCUT2D eigenvalue weighted by molar-refractivity contribution is -0.137. The van der Waals surface area contributed by atoms with Crippen molar-refractivity contribution in [3.8, 4) is 0 Å². The zero-order valence-electron chi connectivity index (χ0n) is 12.8. The number of alkyl halides is 3. The number of nitrogens with zero attached hydrogens (tertiary/aromatic N) is 2. The zero-order valence-corrected chi connectivity index (χ0v) is 12.8. The molecule has 4 nitrogen and oxygen atoms in total. The molecule has 2 atom stereocenters. The first-order valence-corrected chi connectivity index (χ1v) is 7.59. The molecular formula is C16H19F3N4. The van der Waals surface area contributed by atoms with Crippen LogP contribution < -0.4 is 10.6 Å². The average Bonchev–Trinajstić information content (AvgIpc) is 2.99. The van der Waals surface area contributed by atoms with Crippen LogP contribution in [0.2, 0.25) is 0 Å². The molecule has 1 aromatic heterocycles. The molecule has 0 unspecified atom stereocenters. The lowest BCUT2D eigenvalue weighted by atomic mass is 10.0. The number of nitrogens with one attached hydrogen (secondary N) is 2. The largest absolute Gasteiger partial charge is 0.416 e. The SMILES string of the molecule is C[C@@H](NC[C@H]1CNc2ccnn2C1)c1cccc(C(F)(F)F)c1. The van der Waals surface area contributed by atoms with E-state index in [1.165, 1.54) is 12.1 Å². The van der Waals surface area contributed by atoms with Crippen molar-refractivity contribution in [3.63, 3.8) is 0 Å². The highest BCUT2D eigenvalue weighted by molar-refractivity contribution is 5.35. The summed E-state index contributed by atoms with van der Waals surface area (Å²) < 4.78 is 40.2. The van der Waals surface area contributed by atoms with Crippen LogP contribution in [-0.2, 0) is 12.7 Å². The van der Waals surface area contributed by atoms with Crippen LogP contribution in [0, 0.1) is 5.92 Å². The van der Waals surface area contributed by atoms with E-state index in [0.29, 0.717) is 18.0 Å². The third kappa shape index (κ3) is 3.67. The van der Waals surface area contributed by atoms with Crippen LogP contribution in [0.3, 0.4) is 0 Å². The van der Waals surface area contributed by atoms with Crippen LogP contribution in [0.25, 0.3) is 0 Å². The molecular weight excluding hydrogens is 305 g/mol. The summed E-state index contributed by atoms with van der Waals surface area (Å²) in [7, 11) is 0. The van der Waals surface area contributed by atoms with Crippen LogP contribution in [0.4, 0.5) is 19.0 Å². The lowest BCUT2D eigenvalue weighted by Crippen LogP contribution is -2.36. The molecule has 1 aromatic carbocycles.